The Bertz CT molecular complexity index is 946. The Hall–Kier alpha value is -3.41. The maximum Gasteiger partial charge on any atom is 0.271 e. The molecule has 6 heteroatoms. The minimum atomic E-state index is -0.314. The van der Waals surface area contributed by atoms with Gasteiger partial charge in [0, 0.05) is 11.3 Å². The number of nitrogens with one attached hydrogen (secondary N) is 2. The van der Waals surface area contributed by atoms with E-state index in [1.165, 1.54) is 0 Å². The number of rotatable bonds is 6. The number of hydrogen-bond acceptors (Lipinski definition) is 4. The molecule has 0 saturated carbocycles. The van der Waals surface area contributed by atoms with Crippen LogP contribution in [0.2, 0.25) is 0 Å². The molecule has 0 bridgehead atoms. The molecule has 0 aliphatic carbocycles. The Kier molecular flexibility index (Phi) is 5.43. The van der Waals surface area contributed by atoms with Crippen molar-refractivity contribution >= 4 is 28.3 Å². The Morgan fingerprint density at radius 3 is 2.62 bits per heavy atom. The SMILES string of the molecule is C/C(CC(=O)NCc1ccco1)=N/NC(=O)c1ccc2ccccc2c1. The van der Waals surface area contributed by atoms with Crippen molar-refractivity contribution in [3.05, 3.63) is 72.2 Å². The van der Waals surface area contributed by atoms with Crippen LogP contribution in [0.4, 0.5) is 0 Å². The van der Waals surface area contributed by atoms with Gasteiger partial charge in [-0.05, 0) is 42.0 Å². The van der Waals surface area contributed by atoms with Gasteiger partial charge in [0.15, 0.2) is 0 Å². The second-order valence-electron chi connectivity index (χ2n) is 5.88. The van der Waals surface area contributed by atoms with Gasteiger partial charge in [-0.3, -0.25) is 9.59 Å². The largest absolute Gasteiger partial charge is 0.467 e. The average Bonchev–Trinajstić information content (AvgIpc) is 3.17. The second-order valence-corrected chi connectivity index (χ2v) is 5.88. The van der Waals surface area contributed by atoms with Gasteiger partial charge >= 0.3 is 0 Å². The first kappa shape index (κ1) is 17.4. The van der Waals surface area contributed by atoms with E-state index in [1.807, 2.05) is 36.4 Å². The topological polar surface area (TPSA) is 83.7 Å². The third-order valence-corrected chi connectivity index (χ3v) is 3.82. The minimum absolute atomic E-state index is 0.0959. The van der Waals surface area contributed by atoms with Crippen LogP contribution in [-0.2, 0) is 11.3 Å². The van der Waals surface area contributed by atoms with Gasteiger partial charge in [0.1, 0.15) is 5.76 Å². The molecule has 1 aromatic heterocycles. The molecule has 0 saturated heterocycles. The quantitative estimate of drug-likeness (QED) is 0.529. The van der Waals surface area contributed by atoms with Crippen molar-refractivity contribution in [3.63, 3.8) is 0 Å². The van der Waals surface area contributed by atoms with Gasteiger partial charge in [0.25, 0.3) is 5.91 Å². The summed E-state index contributed by atoms with van der Waals surface area (Å²) >= 11 is 0. The molecule has 1 heterocycles. The summed E-state index contributed by atoms with van der Waals surface area (Å²) in [6, 6.07) is 16.8. The van der Waals surface area contributed by atoms with E-state index in [4.69, 9.17) is 4.42 Å². The predicted octanol–water partition coefficient (Wildman–Crippen LogP) is 3.25. The van der Waals surface area contributed by atoms with Crippen LogP contribution < -0.4 is 10.7 Å². The summed E-state index contributed by atoms with van der Waals surface area (Å²) in [6.07, 6.45) is 1.65. The molecule has 0 aliphatic heterocycles. The summed E-state index contributed by atoms with van der Waals surface area (Å²) in [6.45, 7) is 2.01. The monoisotopic (exact) mass is 349 g/mol. The van der Waals surface area contributed by atoms with Gasteiger partial charge in [-0.1, -0.05) is 30.3 Å². The zero-order chi connectivity index (χ0) is 18.4. The normalized spacial score (nSPS) is 11.3. The first-order valence-corrected chi connectivity index (χ1v) is 8.23. The molecule has 0 unspecified atom stereocenters. The van der Waals surface area contributed by atoms with Crippen LogP contribution >= 0.6 is 0 Å². The molecule has 2 aromatic carbocycles. The lowest BCUT2D eigenvalue weighted by atomic mass is 10.1. The van der Waals surface area contributed by atoms with Crippen molar-refractivity contribution in [2.24, 2.45) is 5.10 Å². The smallest absolute Gasteiger partial charge is 0.271 e. The first-order valence-electron chi connectivity index (χ1n) is 8.23. The van der Waals surface area contributed by atoms with Crippen LogP contribution in [0, 0.1) is 0 Å². The third-order valence-electron chi connectivity index (χ3n) is 3.82. The summed E-state index contributed by atoms with van der Waals surface area (Å²) in [5.41, 5.74) is 3.52. The number of benzene rings is 2. The van der Waals surface area contributed by atoms with Crippen LogP contribution in [0.5, 0.6) is 0 Å². The predicted molar refractivity (Wildman–Crippen MR) is 99.7 cm³/mol. The highest BCUT2D eigenvalue weighted by atomic mass is 16.3. The number of fused-ring (bicyclic) bond motifs is 1. The summed E-state index contributed by atoms with van der Waals surface area (Å²) in [7, 11) is 0. The highest BCUT2D eigenvalue weighted by Crippen LogP contribution is 2.15. The molecule has 2 N–H and O–H groups in total. The lowest BCUT2D eigenvalue weighted by Crippen LogP contribution is -2.26. The maximum atomic E-state index is 12.2. The first-order chi connectivity index (χ1) is 12.6. The van der Waals surface area contributed by atoms with Crippen molar-refractivity contribution in [1.82, 2.24) is 10.7 Å². The van der Waals surface area contributed by atoms with Gasteiger partial charge in [0.2, 0.25) is 5.91 Å². The molecule has 0 spiro atoms. The fraction of sp³-hybridized carbons (Fsp3) is 0.150. The van der Waals surface area contributed by atoms with Crippen molar-refractivity contribution in [2.45, 2.75) is 19.9 Å². The van der Waals surface area contributed by atoms with Gasteiger partial charge < -0.3 is 9.73 Å². The van der Waals surface area contributed by atoms with E-state index in [9.17, 15) is 9.59 Å². The molecule has 0 radical (unpaired) electrons. The molecule has 2 amide bonds. The number of hydrazone groups is 1. The molecule has 0 atom stereocenters. The van der Waals surface area contributed by atoms with E-state index in [0.29, 0.717) is 23.6 Å². The van der Waals surface area contributed by atoms with Crippen molar-refractivity contribution in [1.29, 1.82) is 0 Å². The number of carbonyl (C=O) groups excluding carboxylic acids is 2. The van der Waals surface area contributed by atoms with E-state index in [0.717, 1.165) is 10.8 Å². The Morgan fingerprint density at radius 1 is 1.04 bits per heavy atom. The Morgan fingerprint density at radius 2 is 1.85 bits per heavy atom. The Labute approximate surface area is 150 Å². The van der Waals surface area contributed by atoms with E-state index in [-0.39, 0.29) is 18.2 Å². The van der Waals surface area contributed by atoms with E-state index >= 15 is 0 Å². The number of furan rings is 1. The highest BCUT2D eigenvalue weighted by molar-refractivity contribution is 6.02. The molecule has 26 heavy (non-hydrogen) atoms. The molecule has 6 nitrogen and oxygen atoms in total. The molecular formula is C20H19N3O3. The molecule has 132 valence electrons. The average molecular weight is 349 g/mol. The molecule has 3 aromatic rings. The molecule has 3 rings (SSSR count). The van der Waals surface area contributed by atoms with E-state index in [2.05, 4.69) is 15.8 Å². The summed E-state index contributed by atoms with van der Waals surface area (Å²) < 4.78 is 5.15. The van der Waals surface area contributed by atoms with Gasteiger partial charge in [0.05, 0.1) is 19.2 Å². The van der Waals surface area contributed by atoms with E-state index < -0.39 is 0 Å². The molecular weight excluding hydrogens is 330 g/mol. The summed E-state index contributed by atoms with van der Waals surface area (Å²) in [5.74, 6) is 0.172. The number of amides is 2. The lowest BCUT2D eigenvalue weighted by Gasteiger charge is -2.05. The van der Waals surface area contributed by atoms with Crippen molar-refractivity contribution < 1.29 is 14.0 Å². The lowest BCUT2D eigenvalue weighted by molar-refractivity contribution is -0.120. The highest BCUT2D eigenvalue weighted by Gasteiger charge is 2.08. The second kappa shape index (κ2) is 8.11. The number of carbonyl (C=O) groups is 2. The number of nitrogens with zero attached hydrogens (tertiary/aromatic N) is 1. The third kappa shape index (κ3) is 4.57. The molecule has 0 aliphatic rings. The minimum Gasteiger partial charge on any atom is -0.467 e. The fourth-order valence-electron chi connectivity index (χ4n) is 2.47. The Balaban J connectivity index is 1.53. The maximum absolute atomic E-state index is 12.2. The van der Waals surface area contributed by atoms with Gasteiger partial charge in [-0.2, -0.15) is 5.10 Å². The van der Waals surface area contributed by atoms with Crippen molar-refractivity contribution in [2.75, 3.05) is 0 Å². The van der Waals surface area contributed by atoms with Crippen LogP contribution in [0.1, 0.15) is 29.5 Å². The standard InChI is InChI=1S/C20H19N3O3/c1-14(11-19(24)21-13-18-7-4-10-26-18)22-23-20(25)17-9-8-15-5-2-3-6-16(15)12-17/h2-10,12H,11,13H2,1H3,(H,21,24)(H,23,25)/b22-14-. The van der Waals surface area contributed by atoms with Crippen LogP contribution in [-0.4, -0.2) is 17.5 Å². The van der Waals surface area contributed by atoms with Crippen LogP contribution in [0.3, 0.4) is 0 Å². The fourth-order valence-corrected chi connectivity index (χ4v) is 2.47. The zero-order valence-electron chi connectivity index (χ0n) is 14.4. The molecule has 0 fully saturated rings. The summed E-state index contributed by atoms with van der Waals surface area (Å²) in [5, 5.41) is 8.78. The van der Waals surface area contributed by atoms with Gasteiger partial charge in [-0.25, -0.2) is 5.43 Å². The van der Waals surface area contributed by atoms with E-state index in [1.54, 1.807) is 31.4 Å². The summed E-state index contributed by atoms with van der Waals surface area (Å²) in [4.78, 5) is 24.1. The zero-order valence-corrected chi connectivity index (χ0v) is 14.4. The van der Waals surface area contributed by atoms with Gasteiger partial charge in [-0.15, -0.1) is 0 Å². The number of hydrogen-bond donors (Lipinski definition) is 2. The van der Waals surface area contributed by atoms with Crippen LogP contribution in [0.15, 0.2) is 70.4 Å². The van der Waals surface area contributed by atoms with Crippen molar-refractivity contribution in [3.8, 4) is 0 Å². The van der Waals surface area contributed by atoms with Crippen LogP contribution in [0.25, 0.3) is 10.8 Å².